The van der Waals surface area contributed by atoms with Crippen LogP contribution in [-0.2, 0) is 0 Å². The molecule has 82 valence electrons. The lowest BCUT2D eigenvalue weighted by Crippen LogP contribution is -2.26. The van der Waals surface area contributed by atoms with Crippen molar-refractivity contribution in [2.24, 2.45) is 0 Å². The average Bonchev–Trinajstić information content (AvgIpc) is 2.74. The van der Waals surface area contributed by atoms with Gasteiger partial charge in [0.1, 0.15) is 12.7 Å². The molecule has 6 nitrogen and oxygen atoms in total. The third kappa shape index (κ3) is 2.57. The van der Waals surface area contributed by atoms with E-state index in [1.807, 2.05) is 18.2 Å². The molecule has 0 spiro atoms. The molecule has 0 aliphatic rings. The Labute approximate surface area is 99.8 Å². The van der Waals surface area contributed by atoms with Gasteiger partial charge in [0.15, 0.2) is 0 Å². The molecule has 2 rings (SSSR count). The molecule has 2 amide bonds. The summed E-state index contributed by atoms with van der Waals surface area (Å²) in [5.41, 5.74) is 3.21. The highest BCUT2D eigenvalue weighted by Crippen LogP contribution is 2.20. The van der Waals surface area contributed by atoms with Gasteiger partial charge in [-0.25, -0.2) is 14.9 Å². The van der Waals surface area contributed by atoms with E-state index in [1.54, 1.807) is 6.07 Å². The molecule has 0 bridgehead atoms. The Bertz CT molecular complexity index is 484. The fourth-order valence-corrected chi connectivity index (χ4v) is 1.47. The fraction of sp³-hybridized carbons (Fsp3) is 0. The van der Waals surface area contributed by atoms with Crippen LogP contribution in [0.4, 0.5) is 10.5 Å². The number of nitrogens with zero attached hydrogens (tertiary/aromatic N) is 3. The Morgan fingerprint density at radius 3 is 2.62 bits per heavy atom. The second-order valence-corrected chi connectivity index (χ2v) is 3.77. The topological polar surface area (TPSA) is 71.8 Å². The zero-order valence-corrected chi connectivity index (χ0v) is 9.68. The Kier molecular flexibility index (Phi) is 3.16. The van der Waals surface area contributed by atoms with Crippen LogP contribution in [0.2, 0.25) is 0 Å². The summed E-state index contributed by atoms with van der Waals surface area (Å²) in [4.78, 5) is 11.5. The summed E-state index contributed by atoms with van der Waals surface area (Å²) in [6.45, 7) is 0. The number of hydrogen-bond acceptors (Lipinski definition) is 3. The van der Waals surface area contributed by atoms with Crippen LogP contribution in [0.5, 0.6) is 0 Å². The van der Waals surface area contributed by atoms with Crippen molar-refractivity contribution in [1.29, 1.82) is 0 Å². The minimum Gasteiger partial charge on any atom is -0.305 e. The smallest absolute Gasteiger partial charge is 0.305 e. The first kappa shape index (κ1) is 10.6. The summed E-state index contributed by atoms with van der Waals surface area (Å²) in [6, 6.07) is 6.96. The number of rotatable bonds is 2. The van der Waals surface area contributed by atoms with E-state index in [4.69, 9.17) is 0 Å². The highest BCUT2D eigenvalue weighted by molar-refractivity contribution is 9.10. The van der Waals surface area contributed by atoms with Crippen molar-refractivity contribution in [3.05, 3.63) is 41.4 Å². The predicted molar refractivity (Wildman–Crippen MR) is 62.5 cm³/mol. The molecular weight excluding hydrogens is 274 g/mol. The van der Waals surface area contributed by atoms with Gasteiger partial charge in [-0.3, -0.25) is 0 Å². The lowest BCUT2D eigenvalue weighted by Gasteiger charge is -2.08. The summed E-state index contributed by atoms with van der Waals surface area (Å²) in [5, 5.41) is 9.80. The monoisotopic (exact) mass is 281 g/mol. The third-order valence-corrected chi connectivity index (χ3v) is 2.46. The first-order valence-corrected chi connectivity index (χ1v) is 5.22. The summed E-state index contributed by atoms with van der Waals surface area (Å²) in [6.07, 6.45) is 2.78. The SMILES string of the molecule is O=C(Nc1ccccc1Br)Nn1cnnc1. The molecule has 2 aromatic rings. The molecule has 0 fully saturated rings. The van der Waals surface area contributed by atoms with E-state index in [-0.39, 0.29) is 6.03 Å². The van der Waals surface area contributed by atoms with Gasteiger partial charge >= 0.3 is 6.03 Å². The molecule has 1 aromatic carbocycles. The number of nitrogens with one attached hydrogen (secondary N) is 2. The van der Waals surface area contributed by atoms with Crippen LogP contribution in [0.25, 0.3) is 0 Å². The first-order chi connectivity index (χ1) is 7.75. The van der Waals surface area contributed by atoms with Crippen molar-refractivity contribution in [3.63, 3.8) is 0 Å². The number of carbonyl (C=O) groups excluding carboxylic acids is 1. The number of carbonyl (C=O) groups is 1. The van der Waals surface area contributed by atoms with Crippen LogP contribution >= 0.6 is 15.9 Å². The van der Waals surface area contributed by atoms with Crippen LogP contribution in [0.1, 0.15) is 0 Å². The number of benzene rings is 1. The molecule has 0 atom stereocenters. The standard InChI is InChI=1S/C9H8BrN5O/c10-7-3-1-2-4-8(7)13-9(16)14-15-5-11-12-6-15/h1-6H,(H2,13,14,16). The average molecular weight is 282 g/mol. The van der Waals surface area contributed by atoms with Gasteiger partial charge in [0.25, 0.3) is 0 Å². The fourth-order valence-electron chi connectivity index (χ4n) is 1.09. The van der Waals surface area contributed by atoms with Crippen LogP contribution in [0, 0.1) is 0 Å². The molecule has 1 aromatic heterocycles. The normalized spacial score (nSPS) is 9.81. The van der Waals surface area contributed by atoms with Gasteiger partial charge in [0, 0.05) is 4.47 Å². The van der Waals surface area contributed by atoms with E-state index in [2.05, 4.69) is 36.9 Å². The summed E-state index contributed by atoms with van der Waals surface area (Å²) in [5.74, 6) is 0. The Morgan fingerprint density at radius 1 is 1.25 bits per heavy atom. The summed E-state index contributed by atoms with van der Waals surface area (Å²) >= 11 is 3.33. The highest BCUT2D eigenvalue weighted by atomic mass is 79.9. The Balaban J connectivity index is 2.00. The van der Waals surface area contributed by atoms with Crippen molar-refractivity contribution in [2.45, 2.75) is 0 Å². The van der Waals surface area contributed by atoms with E-state index in [9.17, 15) is 4.79 Å². The zero-order chi connectivity index (χ0) is 11.4. The number of urea groups is 1. The minimum atomic E-state index is -0.369. The maximum atomic E-state index is 11.5. The van der Waals surface area contributed by atoms with E-state index in [1.165, 1.54) is 17.3 Å². The second kappa shape index (κ2) is 4.75. The van der Waals surface area contributed by atoms with Crippen LogP contribution < -0.4 is 10.7 Å². The van der Waals surface area contributed by atoms with Crippen molar-refractivity contribution in [1.82, 2.24) is 14.9 Å². The molecule has 7 heteroatoms. The number of halogens is 1. The molecule has 2 N–H and O–H groups in total. The van der Waals surface area contributed by atoms with Crippen molar-refractivity contribution in [3.8, 4) is 0 Å². The molecule has 0 aliphatic heterocycles. The lowest BCUT2D eigenvalue weighted by molar-refractivity contribution is 0.259. The number of amides is 2. The largest absolute Gasteiger partial charge is 0.338 e. The van der Waals surface area contributed by atoms with Gasteiger partial charge in [-0.15, -0.1) is 10.2 Å². The molecule has 1 heterocycles. The highest BCUT2D eigenvalue weighted by Gasteiger charge is 2.04. The van der Waals surface area contributed by atoms with Crippen LogP contribution in [0.15, 0.2) is 41.4 Å². The van der Waals surface area contributed by atoms with Crippen LogP contribution in [-0.4, -0.2) is 20.9 Å². The molecule has 0 aliphatic carbocycles. The van der Waals surface area contributed by atoms with Gasteiger partial charge in [-0.05, 0) is 28.1 Å². The quantitative estimate of drug-likeness (QED) is 0.882. The van der Waals surface area contributed by atoms with Gasteiger partial charge in [-0.2, -0.15) is 0 Å². The molecule has 0 unspecified atom stereocenters. The lowest BCUT2D eigenvalue weighted by atomic mass is 10.3. The number of anilines is 1. The summed E-state index contributed by atoms with van der Waals surface area (Å²) in [7, 11) is 0. The van der Waals surface area contributed by atoms with Crippen molar-refractivity contribution in [2.75, 3.05) is 10.7 Å². The van der Waals surface area contributed by atoms with E-state index < -0.39 is 0 Å². The Hall–Kier alpha value is -1.89. The number of hydrogen-bond donors (Lipinski definition) is 2. The van der Waals surface area contributed by atoms with E-state index >= 15 is 0 Å². The zero-order valence-electron chi connectivity index (χ0n) is 8.09. The number of para-hydroxylation sites is 1. The van der Waals surface area contributed by atoms with Gasteiger partial charge in [0.05, 0.1) is 5.69 Å². The van der Waals surface area contributed by atoms with E-state index in [0.29, 0.717) is 5.69 Å². The molecule has 16 heavy (non-hydrogen) atoms. The van der Waals surface area contributed by atoms with E-state index in [0.717, 1.165) is 4.47 Å². The predicted octanol–water partition coefficient (Wildman–Crippen LogP) is 1.82. The second-order valence-electron chi connectivity index (χ2n) is 2.91. The van der Waals surface area contributed by atoms with Crippen LogP contribution in [0.3, 0.4) is 0 Å². The van der Waals surface area contributed by atoms with Gasteiger partial charge in [0.2, 0.25) is 0 Å². The molecule has 0 saturated heterocycles. The van der Waals surface area contributed by atoms with Crippen molar-refractivity contribution >= 4 is 27.6 Å². The maximum Gasteiger partial charge on any atom is 0.338 e. The third-order valence-electron chi connectivity index (χ3n) is 1.77. The number of aromatic nitrogens is 3. The Morgan fingerprint density at radius 2 is 1.94 bits per heavy atom. The van der Waals surface area contributed by atoms with Crippen molar-refractivity contribution < 1.29 is 4.79 Å². The first-order valence-electron chi connectivity index (χ1n) is 4.43. The molecule has 0 radical (unpaired) electrons. The van der Waals surface area contributed by atoms with Gasteiger partial charge < -0.3 is 5.32 Å². The van der Waals surface area contributed by atoms with Gasteiger partial charge in [-0.1, -0.05) is 12.1 Å². The minimum absolute atomic E-state index is 0.369. The molecule has 0 saturated carbocycles. The summed E-state index contributed by atoms with van der Waals surface area (Å²) < 4.78 is 2.17. The molecular formula is C9H8BrN5O. The maximum absolute atomic E-state index is 11.5.